The molecule has 0 saturated heterocycles. The van der Waals surface area contributed by atoms with Crippen molar-refractivity contribution < 1.29 is 18.3 Å². The summed E-state index contributed by atoms with van der Waals surface area (Å²) in [5, 5.41) is 0. The molecule has 22 heavy (non-hydrogen) atoms. The number of fused-ring (bicyclic) bond motifs is 1. The van der Waals surface area contributed by atoms with E-state index in [1.54, 1.807) is 12.1 Å². The zero-order chi connectivity index (χ0) is 15.7. The van der Waals surface area contributed by atoms with E-state index < -0.39 is 18.0 Å². The first-order chi connectivity index (χ1) is 10.6. The van der Waals surface area contributed by atoms with Crippen molar-refractivity contribution in [2.45, 2.75) is 13.3 Å². The number of aryl methyl sites for hydroxylation is 1. The van der Waals surface area contributed by atoms with E-state index in [9.17, 15) is 13.6 Å². The predicted molar refractivity (Wildman–Crippen MR) is 73.1 cm³/mol. The maximum absolute atomic E-state index is 12.7. The number of pyridine rings is 1. The normalized spacial score (nSPS) is 13.7. The Morgan fingerprint density at radius 3 is 2.95 bits per heavy atom. The van der Waals surface area contributed by atoms with Crippen LogP contribution in [0.5, 0.6) is 5.88 Å². The van der Waals surface area contributed by atoms with Crippen LogP contribution in [0.3, 0.4) is 0 Å². The zero-order valence-corrected chi connectivity index (χ0v) is 11.7. The van der Waals surface area contributed by atoms with Gasteiger partial charge in [0.15, 0.2) is 0 Å². The van der Waals surface area contributed by atoms with Gasteiger partial charge >= 0.3 is 0 Å². The van der Waals surface area contributed by atoms with E-state index in [1.165, 1.54) is 4.90 Å². The quantitative estimate of drug-likeness (QED) is 0.850. The van der Waals surface area contributed by atoms with Crippen molar-refractivity contribution in [3.05, 3.63) is 41.6 Å². The minimum absolute atomic E-state index is 0.0845. The summed E-state index contributed by atoms with van der Waals surface area (Å²) in [6, 6.07) is 4.46. The second-order valence-electron chi connectivity index (χ2n) is 4.71. The van der Waals surface area contributed by atoms with Crippen LogP contribution in [0.25, 0.3) is 0 Å². The van der Waals surface area contributed by atoms with Crippen LogP contribution in [-0.4, -0.2) is 34.0 Å². The Morgan fingerprint density at radius 2 is 2.18 bits per heavy atom. The van der Waals surface area contributed by atoms with Crippen LogP contribution in [-0.2, 0) is 0 Å². The van der Waals surface area contributed by atoms with Gasteiger partial charge in [-0.25, -0.2) is 23.7 Å². The van der Waals surface area contributed by atoms with E-state index in [0.717, 1.165) is 18.1 Å². The highest BCUT2D eigenvalue weighted by Crippen LogP contribution is 2.30. The van der Waals surface area contributed by atoms with Gasteiger partial charge in [-0.05, 0) is 25.1 Å². The molecule has 3 heterocycles. The summed E-state index contributed by atoms with van der Waals surface area (Å²) >= 11 is 0. The molecule has 0 fully saturated rings. The van der Waals surface area contributed by atoms with Crippen molar-refractivity contribution in [1.82, 2.24) is 15.0 Å². The second-order valence-corrected chi connectivity index (χ2v) is 4.71. The van der Waals surface area contributed by atoms with Gasteiger partial charge in [0.1, 0.15) is 30.0 Å². The molecule has 1 aliphatic rings. The fraction of sp³-hybridized carbons (Fsp3) is 0.286. The van der Waals surface area contributed by atoms with Crippen molar-refractivity contribution >= 4 is 11.6 Å². The number of rotatable bonds is 2. The summed E-state index contributed by atoms with van der Waals surface area (Å²) in [5.41, 5.74) is 0.696. The first-order valence-electron chi connectivity index (χ1n) is 6.58. The third-order valence-electron chi connectivity index (χ3n) is 3.20. The first-order valence-corrected chi connectivity index (χ1v) is 6.58. The number of hydrogen-bond acceptors (Lipinski definition) is 5. The van der Waals surface area contributed by atoms with Crippen LogP contribution in [0, 0.1) is 6.92 Å². The fourth-order valence-corrected chi connectivity index (χ4v) is 2.15. The average molecular weight is 306 g/mol. The van der Waals surface area contributed by atoms with E-state index in [4.69, 9.17) is 4.74 Å². The number of carbonyl (C=O) groups excluding carboxylic acids is 1. The zero-order valence-electron chi connectivity index (χ0n) is 11.7. The summed E-state index contributed by atoms with van der Waals surface area (Å²) in [6.07, 6.45) is -1.79. The van der Waals surface area contributed by atoms with Crippen molar-refractivity contribution in [3.63, 3.8) is 0 Å². The Balaban J connectivity index is 1.95. The average Bonchev–Trinajstić information content (AvgIpc) is 2.53. The molecular weight excluding hydrogens is 294 g/mol. The number of halogens is 2. The molecule has 0 unspecified atom stereocenters. The lowest BCUT2D eigenvalue weighted by atomic mass is 10.2. The Bertz CT molecular complexity index is 724. The van der Waals surface area contributed by atoms with Gasteiger partial charge in [0.25, 0.3) is 12.3 Å². The van der Waals surface area contributed by atoms with Gasteiger partial charge in [0.05, 0.1) is 6.54 Å². The predicted octanol–water partition coefficient (Wildman–Crippen LogP) is 2.16. The van der Waals surface area contributed by atoms with Gasteiger partial charge < -0.3 is 4.74 Å². The molecule has 0 radical (unpaired) electrons. The SMILES string of the molecule is Cc1ccc2c(n1)OCCN2C(=O)c1cc(C(F)F)ncn1. The fourth-order valence-electron chi connectivity index (χ4n) is 2.15. The van der Waals surface area contributed by atoms with Gasteiger partial charge in [-0.15, -0.1) is 0 Å². The summed E-state index contributed by atoms with van der Waals surface area (Å²) in [4.78, 5) is 25.4. The number of anilines is 1. The molecule has 0 aliphatic carbocycles. The van der Waals surface area contributed by atoms with E-state index in [0.29, 0.717) is 18.1 Å². The lowest BCUT2D eigenvalue weighted by molar-refractivity contribution is 0.0969. The van der Waals surface area contributed by atoms with Crippen molar-refractivity contribution in [3.8, 4) is 5.88 Å². The Morgan fingerprint density at radius 1 is 1.36 bits per heavy atom. The Labute approximate surface area is 124 Å². The van der Waals surface area contributed by atoms with E-state index >= 15 is 0 Å². The standard InChI is InChI=1S/C14H12F2N4O2/c1-8-2-3-11-13(19-8)22-5-4-20(11)14(21)10-6-9(12(15)16)17-7-18-10/h2-3,6-7,12H,4-5H2,1H3. The van der Waals surface area contributed by atoms with Gasteiger partial charge in [-0.2, -0.15) is 0 Å². The molecule has 2 aromatic heterocycles. The minimum Gasteiger partial charge on any atom is -0.474 e. The Kier molecular flexibility index (Phi) is 3.66. The molecule has 0 saturated carbocycles. The minimum atomic E-state index is -2.75. The van der Waals surface area contributed by atoms with Gasteiger partial charge in [0, 0.05) is 5.69 Å². The Hall–Kier alpha value is -2.64. The third kappa shape index (κ3) is 2.59. The number of alkyl halides is 2. The molecule has 6 nitrogen and oxygen atoms in total. The van der Waals surface area contributed by atoms with E-state index in [2.05, 4.69) is 15.0 Å². The molecule has 0 atom stereocenters. The highest BCUT2D eigenvalue weighted by atomic mass is 19.3. The summed E-state index contributed by atoms with van der Waals surface area (Å²) in [7, 11) is 0. The summed E-state index contributed by atoms with van der Waals surface area (Å²) in [5.74, 6) is -0.137. The van der Waals surface area contributed by atoms with Gasteiger partial charge in [0.2, 0.25) is 5.88 Å². The maximum atomic E-state index is 12.7. The van der Waals surface area contributed by atoms with Gasteiger partial charge in [-0.1, -0.05) is 0 Å². The van der Waals surface area contributed by atoms with E-state index in [1.807, 2.05) is 6.92 Å². The smallest absolute Gasteiger partial charge is 0.280 e. The molecule has 8 heteroatoms. The van der Waals surface area contributed by atoms with Crippen LogP contribution in [0.2, 0.25) is 0 Å². The van der Waals surface area contributed by atoms with Crippen molar-refractivity contribution in [2.75, 3.05) is 18.1 Å². The highest BCUT2D eigenvalue weighted by Gasteiger charge is 2.27. The third-order valence-corrected chi connectivity index (χ3v) is 3.20. The maximum Gasteiger partial charge on any atom is 0.280 e. The number of ether oxygens (including phenoxy) is 1. The number of amides is 1. The largest absolute Gasteiger partial charge is 0.474 e. The topological polar surface area (TPSA) is 68.2 Å². The monoisotopic (exact) mass is 306 g/mol. The molecule has 114 valence electrons. The van der Waals surface area contributed by atoms with Crippen LogP contribution in [0.1, 0.15) is 28.3 Å². The summed E-state index contributed by atoms with van der Waals surface area (Å²) < 4.78 is 30.8. The van der Waals surface area contributed by atoms with Crippen LogP contribution in [0.15, 0.2) is 24.5 Å². The first kappa shape index (κ1) is 14.3. The van der Waals surface area contributed by atoms with Gasteiger partial charge in [-0.3, -0.25) is 9.69 Å². The number of hydrogen-bond donors (Lipinski definition) is 0. The molecule has 1 aliphatic heterocycles. The summed E-state index contributed by atoms with van der Waals surface area (Å²) in [6.45, 7) is 2.39. The van der Waals surface area contributed by atoms with Crippen LogP contribution in [0.4, 0.5) is 14.5 Å². The van der Waals surface area contributed by atoms with Crippen molar-refractivity contribution in [1.29, 1.82) is 0 Å². The molecule has 0 aromatic carbocycles. The molecule has 2 aromatic rings. The second kappa shape index (κ2) is 5.63. The molecule has 1 amide bonds. The number of aromatic nitrogens is 3. The molecule has 0 bridgehead atoms. The number of carbonyl (C=O) groups is 1. The van der Waals surface area contributed by atoms with Crippen LogP contribution < -0.4 is 9.64 Å². The molecule has 0 N–H and O–H groups in total. The van der Waals surface area contributed by atoms with Crippen molar-refractivity contribution in [2.24, 2.45) is 0 Å². The number of nitrogens with zero attached hydrogens (tertiary/aromatic N) is 4. The molecule has 3 rings (SSSR count). The lowest BCUT2D eigenvalue weighted by Crippen LogP contribution is -2.38. The van der Waals surface area contributed by atoms with E-state index in [-0.39, 0.29) is 12.3 Å². The molecule has 0 spiro atoms. The highest BCUT2D eigenvalue weighted by molar-refractivity contribution is 6.05. The lowest BCUT2D eigenvalue weighted by Gasteiger charge is -2.28. The molecular formula is C14H12F2N4O2. The van der Waals surface area contributed by atoms with Crippen LogP contribution >= 0.6 is 0 Å².